The third kappa shape index (κ3) is 5.46. The summed E-state index contributed by atoms with van der Waals surface area (Å²) in [5.41, 5.74) is 0. The highest BCUT2D eigenvalue weighted by Crippen LogP contribution is 2.23. The Morgan fingerprint density at radius 2 is 2.00 bits per heavy atom. The Labute approximate surface area is 131 Å². The molecule has 5 nitrogen and oxygen atoms in total. The molecule has 1 aliphatic heterocycles. The molecule has 0 bridgehead atoms. The number of benzene rings is 1. The molecule has 0 spiro atoms. The van der Waals surface area contributed by atoms with Gasteiger partial charge in [0.15, 0.2) is 0 Å². The van der Waals surface area contributed by atoms with Crippen LogP contribution in [0.1, 0.15) is 6.42 Å². The van der Waals surface area contributed by atoms with Crippen LogP contribution in [-0.4, -0.2) is 49.1 Å². The van der Waals surface area contributed by atoms with Gasteiger partial charge in [-0.3, -0.25) is 9.59 Å². The Bertz CT molecular complexity index is 549. The van der Waals surface area contributed by atoms with Crippen molar-refractivity contribution in [2.45, 2.75) is 12.6 Å². The van der Waals surface area contributed by atoms with E-state index in [1.165, 1.54) is 0 Å². The average Bonchev–Trinajstić information content (AvgIpc) is 2.84. The molecule has 1 aromatic rings. The Morgan fingerprint density at radius 3 is 2.65 bits per heavy atom. The summed E-state index contributed by atoms with van der Waals surface area (Å²) in [6.45, 7) is -1.06. The summed E-state index contributed by atoms with van der Waals surface area (Å²) in [6, 6.07) is 9.01. The first kappa shape index (κ1) is 17.1. The molecule has 2 amide bonds. The van der Waals surface area contributed by atoms with E-state index in [0.29, 0.717) is 10.6 Å². The molecular formula is C15H17F3N2O3. The van der Waals surface area contributed by atoms with Crippen LogP contribution in [0.2, 0.25) is 0 Å². The standard InChI is InChI=1S/C15H17F3N2O3/c16-15(17,18)10-20-9-11(8-13(20)21)14(22)19-6-7-23-12-4-2-1-3-5-12/h1-5,11H,6-10H2,(H,19,22)/t11-/m1/s1. The number of amides is 2. The van der Waals surface area contributed by atoms with Crippen LogP contribution in [-0.2, 0) is 9.59 Å². The van der Waals surface area contributed by atoms with E-state index in [1.54, 1.807) is 12.1 Å². The molecule has 8 heteroatoms. The van der Waals surface area contributed by atoms with Gasteiger partial charge in [-0.15, -0.1) is 0 Å². The number of hydrogen-bond donors (Lipinski definition) is 1. The summed E-state index contributed by atoms with van der Waals surface area (Å²) in [5.74, 6) is -1.17. The van der Waals surface area contributed by atoms with Crippen LogP contribution in [0.3, 0.4) is 0 Å². The lowest BCUT2D eigenvalue weighted by Gasteiger charge is -2.18. The first-order valence-electron chi connectivity index (χ1n) is 7.15. The number of nitrogens with one attached hydrogen (secondary N) is 1. The molecule has 0 saturated carbocycles. The van der Waals surface area contributed by atoms with Crippen LogP contribution in [0.4, 0.5) is 13.2 Å². The zero-order chi connectivity index (χ0) is 16.9. The van der Waals surface area contributed by atoms with Gasteiger partial charge < -0.3 is 15.0 Å². The van der Waals surface area contributed by atoms with Gasteiger partial charge in [0.2, 0.25) is 11.8 Å². The molecule has 1 saturated heterocycles. The molecule has 126 valence electrons. The fraction of sp³-hybridized carbons (Fsp3) is 0.467. The minimum atomic E-state index is -4.45. The minimum absolute atomic E-state index is 0.193. The second kappa shape index (κ2) is 7.34. The van der Waals surface area contributed by atoms with Crippen LogP contribution >= 0.6 is 0 Å². The van der Waals surface area contributed by atoms with Crippen LogP contribution in [0.25, 0.3) is 0 Å². The van der Waals surface area contributed by atoms with E-state index in [2.05, 4.69) is 5.32 Å². The topological polar surface area (TPSA) is 58.6 Å². The van der Waals surface area contributed by atoms with E-state index < -0.39 is 30.5 Å². The van der Waals surface area contributed by atoms with E-state index in [9.17, 15) is 22.8 Å². The Kier molecular flexibility index (Phi) is 5.46. The van der Waals surface area contributed by atoms with E-state index in [1.807, 2.05) is 18.2 Å². The molecule has 1 heterocycles. The second-order valence-corrected chi connectivity index (χ2v) is 5.24. The molecule has 0 unspecified atom stereocenters. The number of likely N-dealkylation sites (tertiary alicyclic amines) is 1. The minimum Gasteiger partial charge on any atom is -0.492 e. The van der Waals surface area contributed by atoms with Gasteiger partial charge in [0.05, 0.1) is 12.5 Å². The Morgan fingerprint density at radius 1 is 1.30 bits per heavy atom. The van der Waals surface area contributed by atoms with Crippen molar-refractivity contribution in [2.24, 2.45) is 5.92 Å². The first-order valence-corrected chi connectivity index (χ1v) is 7.15. The van der Waals surface area contributed by atoms with Crippen LogP contribution in [0.5, 0.6) is 5.75 Å². The second-order valence-electron chi connectivity index (χ2n) is 5.24. The summed E-state index contributed by atoms with van der Waals surface area (Å²) in [6.07, 6.45) is -4.65. The number of hydrogen-bond acceptors (Lipinski definition) is 3. The molecule has 1 aromatic carbocycles. The monoisotopic (exact) mass is 330 g/mol. The maximum Gasteiger partial charge on any atom is 0.406 e. The zero-order valence-corrected chi connectivity index (χ0v) is 12.3. The van der Waals surface area contributed by atoms with Crippen molar-refractivity contribution in [2.75, 3.05) is 26.2 Å². The lowest BCUT2D eigenvalue weighted by molar-refractivity contribution is -0.157. The Hall–Kier alpha value is -2.25. The summed E-state index contributed by atoms with van der Waals surface area (Å²) in [5, 5.41) is 2.57. The average molecular weight is 330 g/mol. The van der Waals surface area contributed by atoms with Crippen molar-refractivity contribution in [3.8, 4) is 5.75 Å². The number of alkyl halides is 3. The fourth-order valence-electron chi connectivity index (χ4n) is 2.32. The highest BCUT2D eigenvalue weighted by atomic mass is 19.4. The van der Waals surface area contributed by atoms with E-state index in [0.717, 1.165) is 0 Å². The van der Waals surface area contributed by atoms with Crippen LogP contribution in [0.15, 0.2) is 30.3 Å². The van der Waals surface area contributed by atoms with Gasteiger partial charge in [-0.2, -0.15) is 13.2 Å². The smallest absolute Gasteiger partial charge is 0.406 e. The molecule has 0 aromatic heterocycles. The third-order valence-corrected chi connectivity index (χ3v) is 3.37. The lowest BCUT2D eigenvalue weighted by atomic mass is 10.1. The molecule has 0 aliphatic carbocycles. The predicted molar refractivity (Wildman–Crippen MR) is 75.7 cm³/mol. The van der Waals surface area contributed by atoms with Gasteiger partial charge in [0.25, 0.3) is 0 Å². The normalized spacial score (nSPS) is 18.1. The van der Waals surface area contributed by atoms with Gasteiger partial charge >= 0.3 is 6.18 Å². The SMILES string of the molecule is O=C(NCCOc1ccccc1)[C@@H]1CC(=O)N(CC(F)(F)F)C1. The van der Waals surface area contributed by atoms with Crippen molar-refractivity contribution >= 4 is 11.8 Å². The maximum absolute atomic E-state index is 12.3. The van der Waals surface area contributed by atoms with Crippen molar-refractivity contribution in [3.05, 3.63) is 30.3 Å². The van der Waals surface area contributed by atoms with Gasteiger partial charge in [-0.1, -0.05) is 18.2 Å². The van der Waals surface area contributed by atoms with Gasteiger partial charge in [0, 0.05) is 13.0 Å². The summed E-state index contributed by atoms with van der Waals surface area (Å²) in [4.78, 5) is 24.1. The van der Waals surface area contributed by atoms with Gasteiger partial charge in [-0.05, 0) is 12.1 Å². The number of nitrogens with zero attached hydrogens (tertiary/aromatic N) is 1. The number of ether oxygens (including phenoxy) is 1. The molecule has 1 N–H and O–H groups in total. The third-order valence-electron chi connectivity index (χ3n) is 3.37. The van der Waals surface area contributed by atoms with Crippen molar-refractivity contribution < 1.29 is 27.5 Å². The molecule has 1 atom stereocenters. The fourth-order valence-corrected chi connectivity index (χ4v) is 2.32. The number of halogens is 3. The maximum atomic E-state index is 12.3. The van der Waals surface area contributed by atoms with E-state index >= 15 is 0 Å². The molecule has 0 radical (unpaired) electrons. The van der Waals surface area contributed by atoms with E-state index in [-0.39, 0.29) is 26.1 Å². The summed E-state index contributed by atoms with van der Waals surface area (Å²) < 4.78 is 42.3. The molecule has 1 aliphatic rings. The molecule has 1 fully saturated rings. The largest absolute Gasteiger partial charge is 0.492 e. The highest BCUT2D eigenvalue weighted by molar-refractivity contribution is 5.89. The van der Waals surface area contributed by atoms with Crippen LogP contribution < -0.4 is 10.1 Å². The van der Waals surface area contributed by atoms with Crippen LogP contribution in [0, 0.1) is 5.92 Å². The number of para-hydroxylation sites is 1. The highest BCUT2D eigenvalue weighted by Gasteiger charge is 2.40. The number of carbonyl (C=O) groups is 2. The Balaban J connectivity index is 1.71. The van der Waals surface area contributed by atoms with Gasteiger partial charge in [0.1, 0.15) is 18.9 Å². The summed E-state index contributed by atoms with van der Waals surface area (Å²) >= 11 is 0. The number of rotatable bonds is 6. The zero-order valence-electron chi connectivity index (χ0n) is 12.3. The van der Waals surface area contributed by atoms with Crippen molar-refractivity contribution in [3.63, 3.8) is 0 Å². The van der Waals surface area contributed by atoms with Gasteiger partial charge in [-0.25, -0.2) is 0 Å². The molecular weight excluding hydrogens is 313 g/mol. The predicted octanol–water partition coefficient (Wildman–Crippen LogP) is 1.59. The van der Waals surface area contributed by atoms with Crippen molar-refractivity contribution in [1.29, 1.82) is 0 Å². The quantitative estimate of drug-likeness (QED) is 0.806. The number of carbonyl (C=O) groups excluding carboxylic acids is 2. The first-order chi connectivity index (χ1) is 10.8. The van der Waals surface area contributed by atoms with E-state index in [4.69, 9.17) is 4.74 Å². The van der Waals surface area contributed by atoms with Crippen molar-refractivity contribution in [1.82, 2.24) is 10.2 Å². The summed E-state index contributed by atoms with van der Waals surface area (Å²) in [7, 11) is 0. The molecule has 23 heavy (non-hydrogen) atoms. The molecule has 2 rings (SSSR count). The lowest BCUT2D eigenvalue weighted by Crippen LogP contribution is -2.38.